The van der Waals surface area contributed by atoms with E-state index in [1.807, 2.05) is 64.1 Å². The summed E-state index contributed by atoms with van der Waals surface area (Å²) in [5.74, 6) is -1.66. The number of carbonyl (C=O) groups is 6. The van der Waals surface area contributed by atoms with Gasteiger partial charge in [-0.3, -0.25) is 19.2 Å². The van der Waals surface area contributed by atoms with E-state index in [1.54, 1.807) is 9.80 Å². The maximum absolute atomic E-state index is 13.7. The van der Waals surface area contributed by atoms with Crippen LogP contribution in [-0.4, -0.2) is 102 Å². The lowest BCUT2D eigenvalue weighted by atomic mass is 10.0. The summed E-state index contributed by atoms with van der Waals surface area (Å²) in [6.07, 6.45) is 2.78. The Hall–Kier alpha value is -5.34. The number of likely N-dealkylation sites (tertiary alicyclic amines) is 2. The first-order valence-electron chi connectivity index (χ1n) is 19.3. The summed E-state index contributed by atoms with van der Waals surface area (Å²) < 4.78 is 11.6. The minimum atomic E-state index is -0.826. The predicted octanol–water partition coefficient (Wildman–Crippen LogP) is 5.21. The lowest BCUT2D eigenvalue weighted by Gasteiger charge is -2.30. The highest BCUT2D eigenvalue weighted by Gasteiger charge is 2.40. The number of carbonyl (C=O) groups excluding carboxylic acids is 6. The second-order valence-corrected chi connectivity index (χ2v) is 15.0. The molecule has 1 aromatic heterocycles. The number of aryl methyl sites for hydroxylation is 1. The third kappa shape index (κ3) is 8.97. The number of ether oxygens (including phenoxy) is 2. The number of unbranched alkanes of at least 4 members (excludes halogenated alkanes) is 1. The Kier molecular flexibility index (Phi) is 13.3. The number of nitrogens with one attached hydrogen (secondary N) is 4. The molecular weight excluding hydrogens is 706 g/mol. The minimum absolute atomic E-state index is 0.210. The third-order valence-electron chi connectivity index (χ3n) is 10.6. The number of anilines is 2. The van der Waals surface area contributed by atoms with Crippen LogP contribution in [-0.2, 0) is 35.2 Å². The highest BCUT2D eigenvalue weighted by molar-refractivity contribution is 6.11. The number of methoxy groups -OCH3 is 2. The molecule has 0 radical (unpaired) electrons. The van der Waals surface area contributed by atoms with E-state index in [-0.39, 0.29) is 35.5 Å². The number of nitrogens with zero attached hydrogens (tertiary/aromatic N) is 3. The van der Waals surface area contributed by atoms with Gasteiger partial charge >= 0.3 is 12.2 Å². The van der Waals surface area contributed by atoms with Crippen LogP contribution in [0, 0.1) is 11.8 Å². The molecule has 2 aliphatic heterocycles. The van der Waals surface area contributed by atoms with Crippen molar-refractivity contribution < 1.29 is 38.2 Å². The van der Waals surface area contributed by atoms with Gasteiger partial charge in [0.2, 0.25) is 23.6 Å². The molecule has 3 aromatic rings. The Balaban J connectivity index is 1.37. The van der Waals surface area contributed by atoms with Crippen molar-refractivity contribution in [2.24, 2.45) is 11.8 Å². The number of rotatable bonds is 13. The fourth-order valence-electron chi connectivity index (χ4n) is 7.62. The number of aromatic nitrogens is 1. The molecule has 1 unspecified atom stereocenters. The highest BCUT2D eigenvalue weighted by atomic mass is 16.5. The van der Waals surface area contributed by atoms with Crippen molar-refractivity contribution in [3.63, 3.8) is 0 Å². The van der Waals surface area contributed by atoms with Gasteiger partial charge in [0.1, 0.15) is 24.2 Å². The van der Waals surface area contributed by atoms with Gasteiger partial charge in [0, 0.05) is 41.8 Å². The molecule has 6 amide bonds. The standard InChI is InChI=1S/C40H55N7O8/c1-8-9-18-45-31-21-25(41-35(48)29-12-10-19-46(29)37(50)33(23(2)3)43-39(52)54-6)14-16-27(31)28-17-15-26(22-32(28)45)42-36(49)30-13-11-20-47(30)38(51)34(24(4)5)44-40(53)55-7/h14-17,21-24,29-30,33-34H,8-13,18-20H2,1-7H3,(H,41,48)(H,42,49)(H,43,52)(H,44,53)/t29-,30?,33-,34-/m0/s1. The van der Waals surface area contributed by atoms with E-state index >= 15 is 0 Å². The second-order valence-electron chi connectivity index (χ2n) is 15.0. The number of amides is 6. The largest absolute Gasteiger partial charge is 0.453 e. The molecule has 2 aliphatic rings. The monoisotopic (exact) mass is 761 g/mol. The molecule has 298 valence electrons. The minimum Gasteiger partial charge on any atom is -0.453 e. The van der Waals surface area contributed by atoms with Crippen LogP contribution >= 0.6 is 0 Å². The van der Waals surface area contributed by atoms with Gasteiger partial charge in [0.15, 0.2) is 0 Å². The lowest BCUT2D eigenvalue weighted by molar-refractivity contribution is -0.139. The van der Waals surface area contributed by atoms with E-state index in [0.717, 1.165) is 34.6 Å². The molecule has 0 saturated carbocycles. The molecule has 2 aromatic carbocycles. The summed E-state index contributed by atoms with van der Waals surface area (Å²) in [5, 5.41) is 13.3. The van der Waals surface area contributed by atoms with Crippen LogP contribution in [0.4, 0.5) is 21.0 Å². The molecule has 2 fully saturated rings. The molecule has 55 heavy (non-hydrogen) atoms. The number of fused-ring (bicyclic) bond motifs is 3. The zero-order valence-corrected chi connectivity index (χ0v) is 32.9. The van der Waals surface area contributed by atoms with Gasteiger partial charge < -0.3 is 45.1 Å². The van der Waals surface area contributed by atoms with Crippen LogP contribution in [0.15, 0.2) is 36.4 Å². The fourth-order valence-corrected chi connectivity index (χ4v) is 7.62. The van der Waals surface area contributed by atoms with Gasteiger partial charge in [-0.25, -0.2) is 9.59 Å². The van der Waals surface area contributed by atoms with E-state index in [1.165, 1.54) is 14.2 Å². The molecule has 4 N–H and O–H groups in total. The van der Waals surface area contributed by atoms with Gasteiger partial charge in [-0.1, -0.05) is 53.2 Å². The van der Waals surface area contributed by atoms with E-state index in [2.05, 4.69) is 32.8 Å². The summed E-state index contributed by atoms with van der Waals surface area (Å²) in [6, 6.07) is 8.48. The van der Waals surface area contributed by atoms with E-state index < -0.39 is 36.4 Å². The van der Waals surface area contributed by atoms with Crippen LogP contribution in [0.3, 0.4) is 0 Å². The van der Waals surface area contributed by atoms with Crippen LogP contribution in [0.2, 0.25) is 0 Å². The maximum atomic E-state index is 13.7. The van der Waals surface area contributed by atoms with E-state index in [4.69, 9.17) is 9.47 Å². The Bertz CT molecular complexity index is 1790. The van der Waals surface area contributed by atoms with Crippen LogP contribution in [0.5, 0.6) is 0 Å². The first kappa shape index (κ1) is 40.8. The number of alkyl carbamates (subject to hydrolysis) is 2. The fraction of sp³-hybridized carbons (Fsp3) is 0.550. The molecule has 5 rings (SSSR count). The normalized spacial score (nSPS) is 18.1. The predicted molar refractivity (Wildman–Crippen MR) is 209 cm³/mol. The SMILES string of the molecule is CCCCn1c2cc(NC(=O)C3CCCN3C(=O)[C@@H](NC(=O)OC)C(C)C)ccc2c2ccc(NC(=O)[C@@H]3CCCN3C(=O)[C@@H](NC(=O)OC)C(C)C)cc21. The van der Waals surface area contributed by atoms with Crippen molar-refractivity contribution in [3.8, 4) is 0 Å². The lowest BCUT2D eigenvalue weighted by Crippen LogP contribution is -2.54. The van der Waals surface area contributed by atoms with Crippen LogP contribution in [0.25, 0.3) is 21.8 Å². The third-order valence-corrected chi connectivity index (χ3v) is 10.6. The van der Waals surface area contributed by atoms with Crippen LogP contribution in [0.1, 0.15) is 73.1 Å². The molecule has 4 atom stereocenters. The molecule has 3 heterocycles. The summed E-state index contributed by atoms with van der Waals surface area (Å²) in [4.78, 5) is 81.5. The average molecular weight is 762 g/mol. The van der Waals surface area contributed by atoms with Gasteiger partial charge in [0.05, 0.1) is 25.3 Å². The maximum Gasteiger partial charge on any atom is 0.407 e. The second kappa shape index (κ2) is 17.9. The van der Waals surface area contributed by atoms with E-state index in [0.29, 0.717) is 56.7 Å². The zero-order valence-electron chi connectivity index (χ0n) is 32.9. The van der Waals surface area contributed by atoms with Gasteiger partial charge in [0.25, 0.3) is 0 Å². The van der Waals surface area contributed by atoms with Gasteiger partial charge in [-0.15, -0.1) is 0 Å². The van der Waals surface area contributed by atoms with Crippen molar-refractivity contribution in [2.75, 3.05) is 37.9 Å². The number of benzene rings is 2. The van der Waals surface area contributed by atoms with Gasteiger partial charge in [-0.2, -0.15) is 0 Å². The smallest absolute Gasteiger partial charge is 0.407 e. The summed E-state index contributed by atoms with van der Waals surface area (Å²) >= 11 is 0. The molecule has 0 spiro atoms. The quantitative estimate of drug-likeness (QED) is 0.183. The first-order valence-corrected chi connectivity index (χ1v) is 19.3. The molecule has 0 bridgehead atoms. The van der Waals surface area contributed by atoms with Crippen molar-refractivity contribution in [1.82, 2.24) is 25.0 Å². The Morgan fingerprint density at radius 2 is 1.11 bits per heavy atom. The van der Waals surface area contributed by atoms with Crippen molar-refractivity contribution in [3.05, 3.63) is 36.4 Å². The summed E-state index contributed by atoms with van der Waals surface area (Å²) in [5.41, 5.74) is 3.01. The average Bonchev–Trinajstić information content (AvgIpc) is 3.92. The molecule has 0 aliphatic carbocycles. The zero-order chi connectivity index (χ0) is 40.0. The Labute approximate surface area is 321 Å². The Morgan fingerprint density at radius 1 is 0.691 bits per heavy atom. The van der Waals surface area contributed by atoms with E-state index in [9.17, 15) is 28.8 Å². The molecule has 15 nitrogen and oxygen atoms in total. The number of hydrogen-bond donors (Lipinski definition) is 4. The number of hydrogen-bond acceptors (Lipinski definition) is 8. The topological polar surface area (TPSA) is 180 Å². The molecule has 15 heteroatoms. The van der Waals surface area contributed by atoms with Crippen molar-refractivity contribution in [1.29, 1.82) is 0 Å². The summed E-state index contributed by atoms with van der Waals surface area (Å²) in [6.45, 7) is 11.0. The summed E-state index contributed by atoms with van der Waals surface area (Å²) in [7, 11) is 2.48. The molecule has 2 saturated heterocycles. The Morgan fingerprint density at radius 3 is 1.47 bits per heavy atom. The highest BCUT2D eigenvalue weighted by Crippen LogP contribution is 2.34. The molecular formula is C40H55N7O8. The van der Waals surface area contributed by atoms with Crippen molar-refractivity contribution in [2.45, 2.75) is 104 Å². The van der Waals surface area contributed by atoms with Gasteiger partial charge in [-0.05, 0) is 68.2 Å². The van der Waals surface area contributed by atoms with Crippen LogP contribution < -0.4 is 21.3 Å². The van der Waals surface area contributed by atoms with Crippen molar-refractivity contribution >= 4 is 69.0 Å². The first-order chi connectivity index (χ1) is 26.3.